The first-order valence-electron chi connectivity index (χ1n) is 6.76. The molecule has 0 aromatic carbocycles. The summed E-state index contributed by atoms with van der Waals surface area (Å²) in [7, 11) is 0. The first-order chi connectivity index (χ1) is 8.16. The predicted molar refractivity (Wildman–Crippen MR) is 70.9 cm³/mol. The molecule has 0 aromatic heterocycles. The Bertz CT molecular complexity index is 186. The highest BCUT2D eigenvalue weighted by molar-refractivity contribution is 4.95. The fourth-order valence-electron chi connectivity index (χ4n) is 1.90. The summed E-state index contributed by atoms with van der Waals surface area (Å²) >= 11 is 0. The van der Waals surface area contributed by atoms with Crippen LogP contribution in [0.4, 0.5) is 0 Å². The van der Waals surface area contributed by atoms with E-state index in [1.54, 1.807) is 6.08 Å². The van der Waals surface area contributed by atoms with Crippen molar-refractivity contribution in [3.63, 3.8) is 0 Å². The smallest absolute Gasteiger partial charge is 0.214 e. The van der Waals surface area contributed by atoms with Crippen molar-refractivity contribution in [3.8, 4) is 0 Å². The van der Waals surface area contributed by atoms with Crippen molar-refractivity contribution in [3.05, 3.63) is 12.7 Å². The van der Waals surface area contributed by atoms with Crippen LogP contribution >= 0.6 is 0 Å². The highest BCUT2D eigenvalue weighted by Gasteiger charge is 2.36. The molecule has 3 nitrogen and oxygen atoms in total. The normalized spacial score (nSPS) is 13.6. The summed E-state index contributed by atoms with van der Waals surface area (Å²) in [5.41, 5.74) is 0. The summed E-state index contributed by atoms with van der Waals surface area (Å²) in [6, 6.07) is 0. The second-order valence-corrected chi connectivity index (χ2v) is 4.16. The van der Waals surface area contributed by atoms with Crippen molar-refractivity contribution >= 4 is 0 Å². The van der Waals surface area contributed by atoms with E-state index in [2.05, 4.69) is 13.5 Å². The molecule has 1 unspecified atom stereocenters. The SMILES string of the molecule is C=CC(OCC)(OCC)C(O)CCCCCC. The minimum absolute atomic E-state index is 0.498. The molecule has 0 bridgehead atoms. The van der Waals surface area contributed by atoms with E-state index >= 15 is 0 Å². The molecular weight excluding hydrogens is 216 g/mol. The molecule has 0 aromatic rings. The highest BCUT2D eigenvalue weighted by Crippen LogP contribution is 2.24. The van der Waals surface area contributed by atoms with Gasteiger partial charge in [0.1, 0.15) is 6.10 Å². The second-order valence-electron chi connectivity index (χ2n) is 4.16. The molecule has 17 heavy (non-hydrogen) atoms. The predicted octanol–water partition coefficient (Wildman–Crippen LogP) is 3.27. The molecule has 0 aliphatic heterocycles. The molecule has 0 spiro atoms. The van der Waals surface area contributed by atoms with Gasteiger partial charge < -0.3 is 14.6 Å². The molecule has 0 fully saturated rings. The third kappa shape index (κ3) is 5.66. The van der Waals surface area contributed by atoms with Gasteiger partial charge in [0.2, 0.25) is 5.79 Å². The maximum atomic E-state index is 10.2. The monoisotopic (exact) mass is 244 g/mol. The van der Waals surface area contributed by atoms with Crippen molar-refractivity contribution < 1.29 is 14.6 Å². The van der Waals surface area contributed by atoms with E-state index in [9.17, 15) is 5.11 Å². The zero-order valence-electron chi connectivity index (χ0n) is 11.6. The van der Waals surface area contributed by atoms with E-state index < -0.39 is 11.9 Å². The van der Waals surface area contributed by atoms with Crippen molar-refractivity contribution in [1.82, 2.24) is 0 Å². The van der Waals surface area contributed by atoms with Gasteiger partial charge in [-0.15, -0.1) is 0 Å². The first-order valence-corrected chi connectivity index (χ1v) is 6.76. The third-order valence-corrected chi connectivity index (χ3v) is 2.82. The maximum Gasteiger partial charge on any atom is 0.214 e. The first kappa shape index (κ1) is 16.6. The van der Waals surface area contributed by atoms with Gasteiger partial charge in [-0.2, -0.15) is 0 Å². The van der Waals surface area contributed by atoms with Crippen LogP contribution in [0.2, 0.25) is 0 Å². The molecular formula is C14H28O3. The summed E-state index contributed by atoms with van der Waals surface area (Å²) < 4.78 is 11.1. The van der Waals surface area contributed by atoms with Gasteiger partial charge in [-0.1, -0.05) is 39.2 Å². The van der Waals surface area contributed by atoms with E-state index in [1.165, 1.54) is 12.8 Å². The summed E-state index contributed by atoms with van der Waals surface area (Å²) in [4.78, 5) is 0. The van der Waals surface area contributed by atoms with Crippen LogP contribution in [0.25, 0.3) is 0 Å². The van der Waals surface area contributed by atoms with Gasteiger partial charge >= 0.3 is 0 Å². The van der Waals surface area contributed by atoms with Crippen molar-refractivity contribution in [1.29, 1.82) is 0 Å². The summed E-state index contributed by atoms with van der Waals surface area (Å²) in [6.45, 7) is 10.7. The standard InChI is InChI=1S/C14H28O3/c1-5-9-10-11-12-13(15)14(6-2,16-7-3)17-8-4/h6,13,15H,2,5,7-12H2,1,3-4H3. The van der Waals surface area contributed by atoms with Crippen LogP contribution in [0.1, 0.15) is 52.9 Å². The molecule has 0 saturated heterocycles. The number of ether oxygens (including phenoxy) is 2. The van der Waals surface area contributed by atoms with Gasteiger partial charge in [-0.25, -0.2) is 0 Å². The third-order valence-electron chi connectivity index (χ3n) is 2.82. The lowest BCUT2D eigenvalue weighted by molar-refractivity contribution is -0.250. The second kappa shape index (κ2) is 9.63. The highest BCUT2D eigenvalue weighted by atomic mass is 16.7. The lowest BCUT2D eigenvalue weighted by atomic mass is 10.0. The van der Waals surface area contributed by atoms with Gasteiger partial charge in [0, 0.05) is 13.2 Å². The molecule has 1 N–H and O–H groups in total. The van der Waals surface area contributed by atoms with Crippen LogP contribution in [-0.4, -0.2) is 30.2 Å². The number of aliphatic hydroxyl groups excluding tert-OH is 1. The summed E-state index contributed by atoms with van der Waals surface area (Å²) in [5.74, 6) is -1.03. The van der Waals surface area contributed by atoms with Crippen molar-refractivity contribution in [2.45, 2.75) is 64.8 Å². The molecule has 0 heterocycles. The lowest BCUT2D eigenvalue weighted by Crippen LogP contribution is -2.45. The van der Waals surface area contributed by atoms with Crippen molar-refractivity contribution in [2.24, 2.45) is 0 Å². The molecule has 0 aliphatic rings. The average molecular weight is 244 g/mol. The Hall–Kier alpha value is -0.380. The van der Waals surface area contributed by atoms with Crippen LogP contribution in [0.5, 0.6) is 0 Å². The van der Waals surface area contributed by atoms with E-state index in [0.717, 1.165) is 12.8 Å². The topological polar surface area (TPSA) is 38.7 Å². The molecule has 0 rings (SSSR count). The Balaban J connectivity index is 4.29. The minimum Gasteiger partial charge on any atom is -0.387 e. The fraction of sp³-hybridized carbons (Fsp3) is 0.857. The quantitative estimate of drug-likeness (QED) is 0.344. The summed E-state index contributed by atoms with van der Waals surface area (Å²) in [6.07, 6.45) is 6.15. The Morgan fingerprint density at radius 1 is 1.12 bits per heavy atom. The lowest BCUT2D eigenvalue weighted by Gasteiger charge is -2.34. The van der Waals surface area contributed by atoms with Crippen molar-refractivity contribution in [2.75, 3.05) is 13.2 Å². The average Bonchev–Trinajstić information content (AvgIpc) is 2.34. The molecule has 1 atom stereocenters. The van der Waals surface area contributed by atoms with Gasteiger partial charge in [0.25, 0.3) is 0 Å². The summed E-state index contributed by atoms with van der Waals surface area (Å²) in [5, 5.41) is 10.2. The zero-order chi connectivity index (χ0) is 13.1. The van der Waals surface area contributed by atoms with Gasteiger partial charge in [0.05, 0.1) is 0 Å². The van der Waals surface area contributed by atoms with Gasteiger partial charge in [-0.05, 0) is 26.3 Å². The van der Waals surface area contributed by atoms with E-state index in [0.29, 0.717) is 19.6 Å². The number of hydrogen-bond donors (Lipinski definition) is 1. The van der Waals surface area contributed by atoms with Crippen LogP contribution in [0.3, 0.4) is 0 Å². The zero-order valence-corrected chi connectivity index (χ0v) is 11.6. The molecule has 0 aliphatic carbocycles. The fourth-order valence-corrected chi connectivity index (χ4v) is 1.90. The van der Waals surface area contributed by atoms with Gasteiger partial charge in [-0.3, -0.25) is 0 Å². The Kier molecular flexibility index (Phi) is 9.41. The van der Waals surface area contributed by atoms with Gasteiger partial charge in [0.15, 0.2) is 0 Å². The minimum atomic E-state index is -1.03. The Morgan fingerprint density at radius 2 is 1.71 bits per heavy atom. The van der Waals surface area contributed by atoms with Crippen LogP contribution in [0, 0.1) is 0 Å². The number of aliphatic hydroxyl groups is 1. The number of hydrogen-bond acceptors (Lipinski definition) is 3. The van der Waals surface area contributed by atoms with Crippen LogP contribution < -0.4 is 0 Å². The molecule has 0 saturated carbocycles. The number of unbranched alkanes of at least 4 members (excludes halogenated alkanes) is 3. The van der Waals surface area contributed by atoms with E-state index in [-0.39, 0.29) is 0 Å². The Morgan fingerprint density at radius 3 is 2.12 bits per heavy atom. The largest absolute Gasteiger partial charge is 0.387 e. The molecule has 0 radical (unpaired) electrons. The van der Waals surface area contributed by atoms with Crippen LogP contribution in [0.15, 0.2) is 12.7 Å². The molecule has 102 valence electrons. The van der Waals surface area contributed by atoms with E-state index in [1.807, 2.05) is 13.8 Å². The van der Waals surface area contributed by atoms with E-state index in [4.69, 9.17) is 9.47 Å². The van der Waals surface area contributed by atoms with Crippen LogP contribution in [-0.2, 0) is 9.47 Å². The Labute approximate surface area is 106 Å². The molecule has 0 amide bonds. The maximum absolute atomic E-state index is 10.2. The molecule has 3 heteroatoms. The number of rotatable bonds is 11.